The van der Waals surface area contributed by atoms with Gasteiger partial charge in [0.25, 0.3) is 0 Å². The fourth-order valence-electron chi connectivity index (χ4n) is 8.09. The lowest BCUT2D eigenvalue weighted by Crippen LogP contribution is -2.52. The second-order valence-electron chi connectivity index (χ2n) is 14.3. The summed E-state index contributed by atoms with van der Waals surface area (Å²) in [5.74, 6) is 1.11. The maximum absolute atomic E-state index is 13.6. The van der Waals surface area contributed by atoms with Crippen LogP contribution in [0.4, 0.5) is 17.5 Å². The third kappa shape index (κ3) is 4.65. The Morgan fingerprint density at radius 2 is 1.71 bits per heavy atom. The zero-order valence-corrected chi connectivity index (χ0v) is 25.8. The van der Waals surface area contributed by atoms with Gasteiger partial charge in [0, 0.05) is 29.5 Å². The van der Waals surface area contributed by atoms with E-state index in [9.17, 15) is 18.3 Å². The van der Waals surface area contributed by atoms with Gasteiger partial charge in [-0.1, -0.05) is 0 Å². The number of hydrogen-bond acceptors (Lipinski definition) is 8. The van der Waals surface area contributed by atoms with Crippen molar-refractivity contribution in [2.75, 3.05) is 23.3 Å². The number of amides is 1. The average Bonchev–Trinajstić information content (AvgIpc) is 3.69. The summed E-state index contributed by atoms with van der Waals surface area (Å²) in [7, 11) is -3.38. The fraction of sp³-hybridized carbons (Fsp3) is 0.656. The van der Waals surface area contributed by atoms with Gasteiger partial charge in [0.2, 0.25) is 11.9 Å². The van der Waals surface area contributed by atoms with Crippen LogP contribution in [0.5, 0.6) is 0 Å². The molecule has 1 aromatic heterocycles. The summed E-state index contributed by atoms with van der Waals surface area (Å²) >= 11 is 0. The normalized spacial score (nSPS) is 28.7. The van der Waals surface area contributed by atoms with E-state index in [1.54, 1.807) is 30.5 Å². The molecule has 2 spiro atoms. The van der Waals surface area contributed by atoms with E-state index in [-0.39, 0.29) is 22.6 Å². The molecule has 2 aliphatic heterocycles. The van der Waals surface area contributed by atoms with E-state index in [0.717, 1.165) is 76.4 Å². The van der Waals surface area contributed by atoms with Crippen molar-refractivity contribution in [1.29, 1.82) is 0 Å². The van der Waals surface area contributed by atoms with Crippen LogP contribution in [0, 0.1) is 5.41 Å². The summed E-state index contributed by atoms with van der Waals surface area (Å²) in [6.45, 7) is 8.42. The first kappa shape index (κ1) is 28.2. The lowest BCUT2D eigenvalue weighted by Gasteiger charge is -2.52. The maximum Gasteiger partial charge on any atom is 0.239 e. The van der Waals surface area contributed by atoms with Crippen molar-refractivity contribution in [3.8, 4) is 0 Å². The maximum atomic E-state index is 13.6. The number of hydrogen-bond donors (Lipinski definition) is 2. The average molecular weight is 594 g/mol. The number of nitrogens with zero attached hydrogens (tertiary/aromatic N) is 4. The van der Waals surface area contributed by atoms with E-state index in [0.29, 0.717) is 34.8 Å². The SMILES string of the molecule is CC(C)N1CCC2(CC1)CC(S(=O)(=O)c1ccc(Nc3ncc4c(n3)N(C3CCC[C@@](C)(O)C3)C(=O)C43CC3)cc1)C2. The minimum atomic E-state index is -3.38. The lowest BCUT2D eigenvalue weighted by atomic mass is 9.63. The van der Waals surface area contributed by atoms with Crippen molar-refractivity contribution in [3.63, 3.8) is 0 Å². The summed E-state index contributed by atoms with van der Waals surface area (Å²) in [5.41, 5.74) is 0.482. The van der Waals surface area contributed by atoms with Crippen LogP contribution in [0.1, 0.15) is 90.5 Å². The second-order valence-corrected chi connectivity index (χ2v) is 16.5. The first-order valence-corrected chi connectivity index (χ1v) is 17.2. The molecule has 2 N–H and O–H groups in total. The Balaban J connectivity index is 1.05. The molecule has 4 fully saturated rings. The number of anilines is 3. The van der Waals surface area contributed by atoms with Gasteiger partial charge in [0.1, 0.15) is 5.82 Å². The molecule has 1 amide bonds. The predicted octanol–water partition coefficient (Wildman–Crippen LogP) is 4.72. The van der Waals surface area contributed by atoms with Gasteiger partial charge < -0.3 is 15.3 Å². The molecular weight excluding hydrogens is 550 g/mol. The fourth-order valence-corrected chi connectivity index (χ4v) is 10.1. The van der Waals surface area contributed by atoms with E-state index in [2.05, 4.69) is 29.0 Å². The molecule has 1 saturated heterocycles. The van der Waals surface area contributed by atoms with Crippen LogP contribution in [-0.2, 0) is 20.0 Å². The van der Waals surface area contributed by atoms with Crippen molar-refractivity contribution < 1.29 is 18.3 Å². The molecule has 3 saturated carbocycles. The number of carbonyl (C=O) groups excluding carboxylic acids is 1. The van der Waals surface area contributed by atoms with Crippen LogP contribution in [0.15, 0.2) is 35.4 Å². The number of benzene rings is 1. The second kappa shape index (κ2) is 9.72. The number of aliphatic hydroxyl groups is 1. The summed E-state index contributed by atoms with van der Waals surface area (Å²) in [4.78, 5) is 27.6. The number of sulfone groups is 1. The Bertz CT molecular complexity index is 1490. The molecule has 10 heteroatoms. The van der Waals surface area contributed by atoms with Gasteiger partial charge in [0.05, 0.1) is 21.2 Å². The standard InChI is InChI=1S/C32H43N5O4S/c1-21(2)36-15-13-31(14-16-36)18-25(19-31)42(40,41)24-8-6-22(7-9-24)34-29-33-20-26-27(35-29)37(28(38)32(26)11-12-32)23-5-4-10-30(3,39)17-23/h6-9,20-21,23,25,39H,4-5,10-19H2,1-3H3,(H,33,34,35)/t23?,30-/m1/s1. The summed E-state index contributed by atoms with van der Waals surface area (Å²) in [6, 6.07) is 7.35. The van der Waals surface area contributed by atoms with Crippen LogP contribution < -0.4 is 10.2 Å². The highest BCUT2D eigenvalue weighted by molar-refractivity contribution is 7.92. The molecule has 3 aliphatic carbocycles. The third-order valence-corrected chi connectivity index (χ3v) is 13.1. The minimum absolute atomic E-state index is 0.0828. The van der Waals surface area contributed by atoms with Crippen LogP contribution in [0.25, 0.3) is 0 Å². The van der Waals surface area contributed by atoms with E-state index in [1.807, 2.05) is 11.8 Å². The van der Waals surface area contributed by atoms with Crippen molar-refractivity contribution in [2.24, 2.45) is 5.41 Å². The highest BCUT2D eigenvalue weighted by atomic mass is 32.2. The molecule has 1 aromatic carbocycles. The summed E-state index contributed by atoms with van der Waals surface area (Å²) < 4.78 is 26.9. The Morgan fingerprint density at radius 3 is 2.33 bits per heavy atom. The number of aromatic nitrogens is 2. The number of rotatable bonds is 6. The van der Waals surface area contributed by atoms with Gasteiger partial charge in [-0.2, -0.15) is 4.98 Å². The number of piperidine rings is 1. The highest BCUT2D eigenvalue weighted by Crippen LogP contribution is 2.58. The molecule has 9 nitrogen and oxygen atoms in total. The Labute approximate surface area is 249 Å². The minimum Gasteiger partial charge on any atom is -0.390 e. The zero-order chi connectivity index (χ0) is 29.5. The predicted molar refractivity (Wildman–Crippen MR) is 162 cm³/mol. The van der Waals surface area contributed by atoms with Crippen molar-refractivity contribution >= 4 is 33.2 Å². The van der Waals surface area contributed by atoms with Crippen LogP contribution in [0.3, 0.4) is 0 Å². The van der Waals surface area contributed by atoms with E-state index >= 15 is 0 Å². The highest BCUT2D eigenvalue weighted by Gasteiger charge is 2.61. The molecule has 42 heavy (non-hydrogen) atoms. The number of fused-ring (bicyclic) bond motifs is 2. The molecule has 0 bridgehead atoms. The smallest absolute Gasteiger partial charge is 0.239 e. The molecule has 2 atom stereocenters. The molecule has 0 radical (unpaired) electrons. The van der Waals surface area contributed by atoms with Gasteiger partial charge in [-0.05, 0) is 128 Å². The monoisotopic (exact) mass is 593 g/mol. The number of likely N-dealkylation sites (tertiary alicyclic amines) is 1. The largest absolute Gasteiger partial charge is 0.390 e. The summed E-state index contributed by atoms with van der Waals surface area (Å²) in [6.07, 6.45) is 10.1. The van der Waals surface area contributed by atoms with Crippen LogP contribution in [-0.4, -0.2) is 70.3 Å². The first-order chi connectivity index (χ1) is 19.9. The van der Waals surface area contributed by atoms with Gasteiger partial charge in [-0.25, -0.2) is 13.4 Å². The van der Waals surface area contributed by atoms with E-state index in [4.69, 9.17) is 4.98 Å². The molecule has 2 aromatic rings. The zero-order valence-electron chi connectivity index (χ0n) is 25.0. The molecular formula is C32H43N5O4S. The van der Waals surface area contributed by atoms with Gasteiger partial charge in [0.15, 0.2) is 9.84 Å². The topological polar surface area (TPSA) is 116 Å². The Hall–Kier alpha value is -2.56. The molecule has 3 heterocycles. The first-order valence-electron chi connectivity index (χ1n) is 15.7. The van der Waals surface area contributed by atoms with Crippen molar-refractivity contribution in [1.82, 2.24) is 14.9 Å². The van der Waals surface area contributed by atoms with Crippen molar-refractivity contribution in [3.05, 3.63) is 36.0 Å². The number of nitrogens with one attached hydrogen (secondary N) is 1. The Kier molecular flexibility index (Phi) is 6.53. The van der Waals surface area contributed by atoms with Crippen molar-refractivity contribution in [2.45, 2.75) is 118 Å². The molecule has 7 rings (SSSR count). The van der Waals surface area contributed by atoms with E-state index < -0.39 is 20.9 Å². The molecule has 5 aliphatic rings. The third-order valence-electron chi connectivity index (χ3n) is 11.0. The Morgan fingerprint density at radius 1 is 1.02 bits per heavy atom. The molecule has 226 valence electrons. The number of carbonyl (C=O) groups is 1. The van der Waals surface area contributed by atoms with Gasteiger partial charge in [-0.3, -0.25) is 9.69 Å². The van der Waals surface area contributed by atoms with Gasteiger partial charge >= 0.3 is 0 Å². The summed E-state index contributed by atoms with van der Waals surface area (Å²) in [5, 5.41) is 13.7. The van der Waals surface area contributed by atoms with Crippen LogP contribution in [0.2, 0.25) is 0 Å². The quantitative estimate of drug-likeness (QED) is 0.495. The lowest BCUT2D eigenvalue weighted by molar-refractivity contribution is -0.121. The van der Waals surface area contributed by atoms with Gasteiger partial charge in [-0.15, -0.1) is 0 Å². The molecule has 1 unspecified atom stereocenters. The van der Waals surface area contributed by atoms with Crippen LogP contribution >= 0.6 is 0 Å². The van der Waals surface area contributed by atoms with E-state index in [1.165, 1.54) is 0 Å².